The minimum Gasteiger partial charge on any atom is -0.494 e. The van der Waals surface area contributed by atoms with Gasteiger partial charge in [-0.15, -0.1) is 0 Å². The predicted octanol–water partition coefficient (Wildman–Crippen LogP) is 3.34. The first-order chi connectivity index (χ1) is 13.4. The first-order valence-electron chi connectivity index (χ1n) is 8.79. The van der Waals surface area contributed by atoms with Crippen molar-refractivity contribution in [1.29, 1.82) is 0 Å². The molecule has 3 aromatic rings. The molecule has 146 valence electrons. The summed E-state index contributed by atoms with van der Waals surface area (Å²) in [5.74, 6) is 1.46. The molecular formula is C20H22N4O3S. The zero-order chi connectivity index (χ0) is 20.0. The standard InChI is InChI=1S/C20H22N4O3S/c1-3-27-18-9-7-16(8-10-18)19-12-20(22-14-21-19)24-17-6-4-5-15(11-17)13-23-28(2,25)26/h4-12,14,23H,3,13H2,1-2H3,(H,21,22,24). The minimum atomic E-state index is -3.24. The van der Waals surface area contributed by atoms with Crippen LogP contribution in [0.3, 0.4) is 0 Å². The number of nitrogens with one attached hydrogen (secondary N) is 2. The van der Waals surface area contributed by atoms with Crippen LogP contribution in [-0.2, 0) is 16.6 Å². The zero-order valence-corrected chi connectivity index (χ0v) is 16.5. The third-order valence-corrected chi connectivity index (χ3v) is 4.53. The average molecular weight is 398 g/mol. The van der Waals surface area contributed by atoms with Gasteiger partial charge in [-0.3, -0.25) is 0 Å². The molecule has 0 aliphatic carbocycles. The molecule has 28 heavy (non-hydrogen) atoms. The van der Waals surface area contributed by atoms with Gasteiger partial charge in [0, 0.05) is 23.9 Å². The molecule has 0 aliphatic heterocycles. The minimum absolute atomic E-state index is 0.232. The average Bonchev–Trinajstić information content (AvgIpc) is 2.67. The second-order valence-corrected chi connectivity index (χ2v) is 8.00. The van der Waals surface area contributed by atoms with E-state index >= 15 is 0 Å². The van der Waals surface area contributed by atoms with E-state index in [1.807, 2.05) is 61.5 Å². The number of nitrogens with zero attached hydrogens (tertiary/aromatic N) is 2. The van der Waals surface area contributed by atoms with Crippen LogP contribution in [0.15, 0.2) is 60.9 Å². The molecule has 0 radical (unpaired) electrons. The Hall–Kier alpha value is -2.97. The molecule has 2 N–H and O–H groups in total. The summed E-state index contributed by atoms with van der Waals surface area (Å²) >= 11 is 0. The topological polar surface area (TPSA) is 93.2 Å². The van der Waals surface area contributed by atoms with Gasteiger partial charge in [-0.25, -0.2) is 23.1 Å². The number of ether oxygens (including phenoxy) is 1. The highest BCUT2D eigenvalue weighted by Crippen LogP contribution is 2.23. The molecule has 0 amide bonds. The quantitative estimate of drug-likeness (QED) is 0.605. The number of hydrogen-bond acceptors (Lipinski definition) is 6. The van der Waals surface area contributed by atoms with E-state index < -0.39 is 10.0 Å². The molecule has 0 unspecified atom stereocenters. The molecule has 1 aromatic heterocycles. The number of anilines is 2. The molecule has 7 nitrogen and oxygen atoms in total. The van der Waals surface area contributed by atoms with E-state index in [2.05, 4.69) is 20.0 Å². The van der Waals surface area contributed by atoms with Gasteiger partial charge < -0.3 is 10.1 Å². The van der Waals surface area contributed by atoms with Crippen LogP contribution in [-0.4, -0.2) is 31.2 Å². The summed E-state index contributed by atoms with van der Waals surface area (Å²) < 4.78 is 30.5. The smallest absolute Gasteiger partial charge is 0.209 e. The number of hydrogen-bond donors (Lipinski definition) is 2. The molecule has 0 fully saturated rings. The molecule has 0 spiro atoms. The van der Waals surface area contributed by atoms with Crippen molar-refractivity contribution in [3.63, 3.8) is 0 Å². The fourth-order valence-electron chi connectivity index (χ4n) is 2.59. The number of aromatic nitrogens is 2. The fourth-order valence-corrected chi connectivity index (χ4v) is 3.02. The molecular weight excluding hydrogens is 376 g/mol. The molecule has 0 aliphatic rings. The third-order valence-electron chi connectivity index (χ3n) is 3.87. The fraction of sp³-hybridized carbons (Fsp3) is 0.200. The molecule has 8 heteroatoms. The van der Waals surface area contributed by atoms with E-state index in [1.54, 1.807) is 0 Å². The molecule has 1 heterocycles. The van der Waals surface area contributed by atoms with Crippen LogP contribution >= 0.6 is 0 Å². The van der Waals surface area contributed by atoms with E-state index in [4.69, 9.17) is 4.74 Å². The highest BCUT2D eigenvalue weighted by Gasteiger charge is 2.05. The Balaban J connectivity index is 1.74. The van der Waals surface area contributed by atoms with Gasteiger partial charge in [0.25, 0.3) is 0 Å². The van der Waals surface area contributed by atoms with Crippen molar-refractivity contribution in [2.75, 3.05) is 18.2 Å². The predicted molar refractivity (Wildman–Crippen MR) is 110 cm³/mol. The van der Waals surface area contributed by atoms with Gasteiger partial charge in [0.2, 0.25) is 10.0 Å². The second kappa shape index (κ2) is 8.81. The maximum absolute atomic E-state index is 11.3. The van der Waals surface area contributed by atoms with Crippen LogP contribution in [0.1, 0.15) is 12.5 Å². The largest absolute Gasteiger partial charge is 0.494 e. The third kappa shape index (κ3) is 5.77. The zero-order valence-electron chi connectivity index (χ0n) is 15.7. The highest BCUT2D eigenvalue weighted by molar-refractivity contribution is 7.88. The maximum Gasteiger partial charge on any atom is 0.209 e. The van der Waals surface area contributed by atoms with Crippen LogP contribution < -0.4 is 14.8 Å². The van der Waals surface area contributed by atoms with E-state index in [0.29, 0.717) is 12.4 Å². The summed E-state index contributed by atoms with van der Waals surface area (Å²) in [7, 11) is -3.24. The number of benzene rings is 2. The molecule has 0 bridgehead atoms. The monoisotopic (exact) mass is 398 g/mol. The highest BCUT2D eigenvalue weighted by atomic mass is 32.2. The van der Waals surface area contributed by atoms with E-state index in [9.17, 15) is 8.42 Å². The van der Waals surface area contributed by atoms with Gasteiger partial charge in [0.05, 0.1) is 18.6 Å². The molecule has 3 rings (SSSR count). The second-order valence-electron chi connectivity index (χ2n) is 6.16. The molecule has 0 saturated heterocycles. The van der Waals surface area contributed by atoms with Crippen LogP contribution in [0.5, 0.6) is 5.75 Å². The Morgan fingerprint density at radius 1 is 1.04 bits per heavy atom. The lowest BCUT2D eigenvalue weighted by Crippen LogP contribution is -2.21. The normalized spacial score (nSPS) is 11.2. The van der Waals surface area contributed by atoms with Gasteiger partial charge >= 0.3 is 0 Å². The van der Waals surface area contributed by atoms with E-state index in [-0.39, 0.29) is 6.54 Å². The van der Waals surface area contributed by atoms with Gasteiger partial charge in [0.1, 0.15) is 17.9 Å². The van der Waals surface area contributed by atoms with Gasteiger partial charge in [0.15, 0.2) is 0 Å². The Kier molecular flexibility index (Phi) is 6.23. The van der Waals surface area contributed by atoms with Crippen LogP contribution in [0.25, 0.3) is 11.3 Å². The maximum atomic E-state index is 11.3. The summed E-state index contributed by atoms with van der Waals surface area (Å²) in [6, 6.07) is 17.1. The SMILES string of the molecule is CCOc1ccc(-c2cc(Nc3cccc(CNS(C)(=O)=O)c3)ncn2)cc1. The summed E-state index contributed by atoms with van der Waals surface area (Å²) in [6.45, 7) is 2.80. The van der Waals surface area contributed by atoms with Crippen LogP contribution in [0.4, 0.5) is 11.5 Å². The summed E-state index contributed by atoms with van der Waals surface area (Å²) in [4.78, 5) is 8.60. The lowest BCUT2D eigenvalue weighted by Gasteiger charge is -2.10. The molecule has 2 aromatic carbocycles. The number of rotatable bonds is 8. The Morgan fingerprint density at radius 3 is 2.54 bits per heavy atom. The van der Waals surface area contributed by atoms with Crippen LogP contribution in [0.2, 0.25) is 0 Å². The van der Waals surface area contributed by atoms with Crippen molar-refractivity contribution >= 4 is 21.5 Å². The van der Waals surface area contributed by atoms with Crippen molar-refractivity contribution in [2.45, 2.75) is 13.5 Å². The van der Waals surface area contributed by atoms with Gasteiger partial charge in [-0.05, 0) is 48.9 Å². The van der Waals surface area contributed by atoms with Crippen molar-refractivity contribution < 1.29 is 13.2 Å². The van der Waals surface area contributed by atoms with Crippen molar-refractivity contribution in [3.05, 3.63) is 66.5 Å². The van der Waals surface area contributed by atoms with Crippen molar-refractivity contribution in [2.24, 2.45) is 0 Å². The number of sulfonamides is 1. The summed E-state index contributed by atoms with van der Waals surface area (Å²) in [6.07, 6.45) is 2.64. The first kappa shape index (κ1) is 19.8. The lowest BCUT2D eigenvalue weighted by molar-refractivity contribution is 0.340. The van der Waals surface area contributed by atoms with Crippen LogP contribution in [0, 0.1) is 0 Å². The Labute approximate surface area is 164 Å². The Morgan fingerprint density at radius 2 is 1.82 bits per heavy atom. The molecule has 0 saturated carbocycles. The van der Waals surface area contributed by atoms with Crippen molar-refractivity contribution in [1.82, 2.24) is 14.7 Å². The first-order valence-corrected chi connectivity index (χ1v) is 10.7. The summed E-state index contributed by atoms with van der Waals surface area (Å²) in [5.41, 5.74) is 3.40. The van der Waals surface area contributed by atoms with E-state index in [1.165, 1.54) is 6.33 Å². The van der Waals surface area contributed by atoms with E-state index in [0.717, 1.165) is 34.5 Å². The Bertz CT molecular complexity index is 1040. The lowest BCUT2D eigenvalue weighted by atomic mass is 10.1. The molecule has 0 atom stereocenters. The summed E-state index contributed by atoms with van der Waals surface area (Å²) in [5, 5.41) is 3.23. The van der Waals surface area contributed by atoms with Gasteiger partial charge in [-0.1, -0.05) is 12.1 Å². The van der Waals surface area contributed by atoms with Crippen molar-refractivity contribution in [3.8, 4) is 17.0 Å². The van der Waals surface area contributed by atoms with Gasteiger partial charge in [-0.2, -0.15) is 0 Å².